The SMILES string of the molecule is CC(C)(C)NC(=O)CNC(=O)CCCNC(=O)c1ccco1. The highest BCUT2D eigenvalue weighted by molar-refractivity contribution is 5.91. The summed E-state index contributed by atoms with van der Waals surface area (Å²) in [4.78, 5) is 34.6. The minimum atomic E-state index is -0.321. The Morgan fingerprint density at radius 3 is 2.45 bits per heavy atom. The molecule has 0 atom stereocenters. The third kappa shape index (κ3) is 7.47. The molecule has 0 unspecified atom stereocenters. The van der Waals surface area contributed by atoms with Gasteiger partial charge >= 0.3 is 0 Å². The van der Waals surface area contributed by atoms with Crippen LogP contribution in [-0.2, 0) is 9.59 Å². The van der Waals surface area contributed by atoms with Crippen LogP contribution in [0.5, 0.6) is 0 Å². The van der Waals surface area contributed by atoms with Crippen LogP contribution >= 0.6 is 0 Å². The standard InChI is InChI=1S/C15H23N3O4/c1-15(2,3)18-13(20)10-17-12(19)7-4-8-16-14(21)11-6-5-9-22-11/h5-6,9H,4,7-8,10H2,1-3H3,(H,16,21)(H,17,19)(H,18,20). The van der Waals surface area contributed by atoms with Crippen molar-refractivity contribution in [1.29, 1.82) is 0 Å². The number of hydrogen-bond donors (Lipinski definition) is 3. The maximum absolute atomic E-state index is 11.6. The van der Waals surface area contributed by atoms with Gasteiger partial charge in [0, 0.05) is 18.5 Å². The molecule has 0 fully saturated rings. The van der Waals surface area contributed by atoms with Crippen molar-refractivity contribution in [3.05, 3.63) is 24.2 Å². The Morgan fingerprint density at radius 2 is 1.86 bits per heavy atom. The molecular weight excluding hydrogens is 286 g/mol. The molecule has 22 heavy (non-hydrogen) atoms. The van der Waals surface area contributed by atoms with E-state index >= 15 is 0 Å². The van der Waals surface area contributed by atoms with Gasteiger partial charge in [-0.2, -0.15) is 0 Å². The highest BCUT2D eigenvalue weighted by Crippen LogP contribution is 1.99. The fourth-order valence-electron chi connectivity index (χ4n) is 1.68. The number of furan rings is 1. The van der Waals surface area contributed by atoms with E-state index < -0.39 is 0 Å². The van der Waals surface area contributed by atoms with Crippen molar-refractivity contribution < 1.29 is 18.8 Å². The normalized spacial score (nSPS) is 10.9. The van der Waals surface area contributed by atoms with Crippen molar-refractivity contribution in [2.45, 2.75) is 39.2 Å². The summed E-state index contributed by atoms with van der Waals surface area (Å²) in [5.41, 5.74) is -0.321. The van der Waals surface area contributed by atoms with E-state index in [1.807, 2.05) is 20.8 Å². The Kier molecular flexibility index (Phi) is 6.62. The third-order valence-electron chi connectivity index (χ3n) is 2.57. The Balaban J connectivity index is 2.11. The predicted molar refractivity (Wildman–Crippen MR) is 81.2 cm³/mol. The number of hydrogen-bond acceptors (Lipinski definition) is 4. The molecule has 7 heteroatoms. The first-order valence-corrected chi connectivity index (χ1v) is 7.17. The number of carbonyl (C=O) groups is 3. The summed E-state index contributed by atoms with van der Waals surface area (Å²) in [5, 5.41) is 7.93. The topological polar surface area (TPSA) is 100 Å². The Labute approximate surface area is 129 Å². The van der Waals surface area contributed by atoms with Crippen LogP contribution in [0.25, 0.3) is 0 Å². The molecule has 1 aromatic heterocycles. The zero-order valence-electron chi connectivity index (χ0n) is 13.2. The zero-order chi connectivity index (χ0) is 16.6. The van der Waals surface area contributed by atoms with Crippen LogP contribution < -0.4 is 16.0 Å². The number of nitrogens with one attached hydrogen (secondary N) is 3. The van der Waals surface area contributed by atoms with E-state index in [2.05, 4.69) is 16.0 Å². The number of carbonyl (C=O) groups excluding carboxylic acids is 3. The second-order valence-electron chi connectivity index (χ2n) is 5.91. The van der Waals surface area contributed by atoms with E-state index in [1.54, 1.807) is 12.1 Å². The fraction of sp³-hybridized carbons (Fsp3) is 0.533. The average molecular weight is 309 g/mol. The molecule has 0 radical (unpaired) electrons. The van der Waals surface area contributed by atoms with Crippen molar-refractivity contribution in [3.63, 3.8) is 0 Å². The summed E-state index contributed by atoms with van der Waals surface area (Å²) >= 11 is 0. The highest BCUT2D eigenvalue weighted by atomic mass is 16.3. The van der Waals surface area contributed by atoms with Gasteiger partial charge in [0.15, 0.2) is 5.76 Å². The first-order valence-electron chi connectivity index (χ1n) is 7.17. The third-order valence-corrected chi connectivity index (χ3v) is 2.57. The number of amides is 3. The zero-order valence-corrected chi connectivity index (χ0v) is 13.2. The minimum absolute atomic E-state index is 0.0468. The molecule has 0 saturated carbocycles. The van der Waals surface area contributed by atoms with Crippen LogP contribution in [0, 0.1) is 0 Å². The molecule has 0 spiro atoms. The quantitative estimate of drug-likeness (QED) is 0.649. The molecule has 3 N–H and O–H groups in total. The van der Waals surface area contributed by atoms with Gasteiger partial charge < -0.3 is 20.4 Å². The average Bonchev–Trinajstić information content (AvgIpc) is 2.93. The molecule has 0 aliphatic carbocycles. The van der Waals surface area contributed by atoms with Gasteiger partial charge in [-0.3, -0.25) is 14.4 Å². The molecule has 1 aromatic rings. The number of rotatable bonds is 7. The Bertz CT molecular complexity index is 503. The smallest absolute Gasteiger partial charge is 0.286 e. The van der Waals surface area contributed by atoms with E-state index in [4.69, 9.17) is 4.42 Å². The summed E-state index contributed by atoms with van der Waals surface area (Å²) in [5.74, 6) is -0.526. The second kappa shape index (κ2) is 8.21. The summed E-state index contributed by atoms with van der Waals surface area (Å²) in [6.07, 6.45) is 2.14. The lowest BCUT2D eigenvalue weighted by Crippen LogP contribution is -2.45. The fourth-order valence-corrected chi connectivity index (χ4v) is 1.68. The molecule has 1 rings (SSSR count). The van der Waals surface area contributed by atoms with Gasteiger partial charge in [-0.05, 0) is 39.3 Å². The summed E-state index contributed by atoms with van der Waals surface area (Å²) in [7, 11) is 0. The van der Waals surface area contributed by atoms with E-state index in [9.17, 15) is 14.4 Å². The van der Waals surface area contributed by atoms with Crippen molar-refractivity contribution in [2.75, 3.05) is 13.1 Å². The molecule has 0 bridgehead atoms. The molecular formula is C15H23N3O4. The van der Waals surface area contributed by atoms with Gasteiger partial charge in [0.05, 0.1) is 12.8 Å². The maximum Gasteiger partial charge on any atom is 0.286 e. The first kappa shape index (κ1) is 17.7. The van der Waals surface area contributed by atoms with Gasteiger partial charge in [0.25, 0.3) is 5.91 Å². The monoisotopic (exact) mass is 309 g/mol. The van der Waals surface area contributed by atoms with E-state index in [-0.39, 0.29) is 42.0 Å². The molecule has 122 valence electrons. The predicted octanol–water partition coefficient (Wildman–Crippen LogP) is 0.820. The van der Waals surface area contributed by atoms with Crippen molar-refractivity contribution in [2.24, 2.45) is 0 Å². The maximum atomic E-state index is 11.6. The van der Waals surface area contributed by atoms with E-state index in [0.717, 1.165) is 0 Å². The van der Waals surface area contributed by atoms with Crippen LogP contribution in [0.1, 0.15) is 44.2 Å². The van der Waals surface area contributed by atoms with Crippen LogP contribution in [0.15, 0.2) is 22.8 Å². The lowest BCUT2D eigenvalue weighted by molar-refractivity contribution is -0.126. The molecule has 0 saturated heterocycles. The summed E-state index contributed by atoms with van der Waals surface area (Å²) in [6, 6.07) is 3.20. The first-order chi connectivity index (χ1) is 10.3. The van der Waals surface area contributed by atoms with Gasteiger partial charge in [-0.1, -0.05) is 0 Å². The van der Waals surface area contributed by atoms with E-state index in [1.165, 1.54) is 6.26 Å². The second-order valence-corrected chi connectivity index (χ2v) is 5.91. The largest absolute Gasteiger partial charge is 0.459 e. The summed E-state index contributed by atoms with van der Waals surface area (Å²) in [6.45, 7) is 5.92. The lowest BCUT2D eigenvalue weighted by atomic mass is 10.1. The van der Waals surface area contributed by atoms with Crippen LogP contribution in [-0.4, -0.2) is 36.3 Å². The van der Waals surface area contributed by atoms with Crippen molar-refractivity contribution in [3.8, 4) is 0 Å². The van der Waals surface area contributed by atoms with Crippen LogP contribution in [0.3, 0.4) is 0 Å². The molecule has 0 aliphatic heterocycles. The Hall–Kier alpha value is -2.31. The Morgan fingerprint density at radius 1 is 1.14 bits per heavy atom. The van der Waals surface area contributed by atoms with Gasteiger partial charge in [0.2, 0.25) is 11.8 Å². The van der Waals surface area contributed by atoms with E-state index in [0.29, 0.717) is 13.0 Å². The van der Waals surface area contributed by atoms with Crippen molar-refractivity contribution >= 4 is 17.7 Å². The van der Waals surface area contributed by atoms with Gasteiger partial charge in [-0.25, -0.2) is 0 Å². The van der Waals surface area contributed by atoms with Gasteiger partial charge in [-0.15, -0.1) is 0 Å². The molecule has 0 aliphatic rings. The lowest BCUT2D eigenvalue weighted by Gasteiger charge is -2.20. The molecule has 0 aromatic carbocycles. The molecule has 1 heterocycles. The molecule has 3 amide bonds. The van der Waals surface area contributed by atoms with Crippen LogP contribution in [0.2, 0.25) is 0 Å². The van der Waals surface area contributed by atoms with Crippen LogP contribution in [0.4, 0.5) is 0 Å². The summed E-state index contributed by atoms with van der Waals surface area (Å²) < 4.78 is 4.94. The molecule has 7 nitrogen and oxygen atoms in total. The van der Waals surface area contributed by atoms with Gasteiger partial charge in [0.1, 0.15) is 0 Å². The highest BCUT2D eigenvalue weighted by Gasteiger charge is 2.14. The minimum Gasteiger partial charge on any atom is -0.459 e. The van der Waals surface area contributed by atoms with Crippen molar-refractivity contribution in [1.82, 2.24) is 16.0 Å².